The molecule has 3 rings (SSSR count). The number of benzene rings is 1. The maximum atomic E-state index is 12.2. The van der Waals surface area contributed by atoms with E-state index in [1.807, 2.05) is 18.2 Å². The van der Waals surface area contributed by atoms with E-state index in [0.29, 0.717) is 39.0 Å². The minimum absolute atomic E-state index is 0.00222. The van der Waals surface area contributed by atoms with Gasteiger partial charge in [0.2, 0.25) is 5.91 Å². The topological polar surface area (TPSA) is 59.1 Å². The third kappa shape index (κ3) is 3.70. The van der Waals surface area contributed by atoms with E-state index in [9.17, 15) is 9.59 Å². The van der Waals surface area contributed by atoms with Gasteiger partial charge in [-0.2, -0.15) is 0 Å². The highest BCUT2D eigenvalue weighted by atomic mass is 16.6. The Balaban J connectivity index is 1.52. The molecule has 6 nitrogen and oxygen atoms in total. The van der Waals surface area contributed by atoms with Crippen LogP contribution in [0.25, 0.3) is 0 Å². The first-order valence-electron chi connectivity index (χ1n) is 8.40. The number of likely N-dealkylation sites (tertiary alicyclic amines) is 1. The Bertz CT molecular complexity index is 582. The van der Waals surface area contributed by atoms with Crippen molar-refractivity contribution in [2.45, 2.75) is 24.9 Å². The molecular formula is C18H24N2O4. The number of rotatable bonds is 5. The summed E-state index contributed by atoms with van der Waals surface area (Å²) in [6, 6.07) is 10.1. The van der Waals surface area contributed by atoms with Gasteiger partial charge in [-0.15, -0.1) is 0 Å². The van der Waals surface area contributed by atoms with Gasteiger partial charge >= 0.3 is 6.09 Å². The highest BCUT2D eigenvalue weighted by Gasteiger charge is 2.47. The summed E-state index contributed by atoms with van der Waals surface area (Å²) >= 11 is 0. The molecule has 0 aliphatic carbocycles. The molecule has 0 atom stereocenters. The zero-order valence-electron chi connectivity index (χ0n) is 14.1. The van der Waals surface area contributed by atoms with Crippen LogP contribution in [0, 0.1) is 0 Å². The lowest BCUT2D eigenvalue weighted by molar-refractivity contribution is -0.138. The maximum Gasteiger partial charge on any atom is 0.410 e. The molecule has 2 aliphatic heterocycles. The second-order valence-corrected chi connectivity index (χ2v) is 6.52. The summed E-state index contributed by atoms with van der Waals surface area (Å²) in [7, 11) is 1.52. The summed E-state index contributed by atoms with van der Waals surface area (Å²) in [5.41, 5.74) is 0.781. The molecule has 2 heterocycles. The number of ether oxygens (including phenoxy) is 2. The Morgan fingerprint density at radius 3 is 2.62 bits per heavy atom. The quantitative estimate of drug-likeness (QED) is 0.823. The van der Waals surface area contributed by atoms with Gasteiger partial charge in [-0.25, -0.2) is 4.79 Å². The summed E-state index contributed by atoms with van der Waals surface area (Å²) in [6.45, 7) is 2.61. The average Bonchev–Trinajstić information content (AvgIpc) is 2.90. The molecule has 1 aromatic rings. The Morgan fingerprint density at radius 1 is 1.25 bits per heavy atom. The van der Waals surface area contributed by atoms with Crippen LogP contribution in [0.2, 0.25) is 0 Å². The molecule has 1 aromatic carbocycles. The van der Waals surface area contributed by atoms with Crippen molar-refractivity contribution in [1.29, 1.82) is 0 Å². The second kappa shape index (κ2) is 7.21. The first-order valence-corrected chi connectivity index (χ1v) is 8.40. The lowest BCUT2D eigenvalue weighted by atomic mass is 9.91. The van der Waals surface area contributed by atoms with Gasteiger partial charge in [0.15, 0.2) is 0 Å². The Labute approximate surface area is 142 Å². The highest BCUT2D eigenvalue weighted by Crippen LogP contribution is 2.33. The lowest BCUT2D eigenvalue weighted by Crippen LogP contribution is -2.49. The van der Waals surface area contributed by atoms with Gasteiger partial charge in [-0.05, 0) is 12.0 Å². The van der Waals surface area contributed by atoms with Crippen LogP contribution in [0.3, 0.4) is 0 Å². The molecule has 2 aliphatic rings. The Kier molecular flexibility index (Phi) is 5.04. The van der Waals surface area contributed by atoms with Crippen LogP contribution in [-0.4, -0.2) is 67.3 Å². The van der Waals surface area contributed by atoms with Crippen LogP contribution in [0.1, 0.15) is 18.4 Å². The number of nitrogens with zero attached hydrogens (tertiary/aromatic N) is 2. The van der Waals surface area contributed by atoms with Gasteiger partial charge in [0.1, 0.15) is 12.2 Å². The van der Waals surface area contributed by atoms with Crippen molar-refractivity contribution < 1.29 is 19.1 Å². The van der Waals surface area contributed by atoms with Crippen molar-refractivity contribution >= 4 is 12.0 Å². The molecule has 0 saturated carbocycles. The van der Waals surface area contributed by atoms with Gasteiger partial charge in [0.05, 0.1) is 6.54 Å². The number of carbonyl (C=O) groups is 2. The fraction of sp³-hybridized carbons (Fsp3) is 0.556. The summed E-state index contributed by atoms with van der Waals surface area (Å²) in [6.07, 6.45) is 1.97. The molecule has 130 valence electrons. The first kappa shape index (κ1) is 16.8. The monoisotopic (exact) mass is 332 g/mol. The number of methoxy groups -OCH3 is 1. The number of hydrogen-bond acceptors (Lipinski definition) is 4. The summed E-state index contributed by atoms with van der Waals surface area (Å²) in [5.74, 6) is -0.00222. The predicted octanol–water partition coefficient (Wildman–Crippen LogP) is 1.69. The van der Waals surface area contributed by atoms with Gasteiger partial charge < -0.3 is 19.3 Å². The largest absolute Gasteiger partial charge is 0.441 e. The van der Waals surface area contributed by atoms with E-state index in [-0.39, 0.29) is 18.6 Å². The molecule has 0 aromatic heterocycles. The van der Waals surface area contributed by atoms with E-state index in [2.05, 4.69) is 12.1 Å². The van der Waals surface area contributed by atoms with Gasteiger partial charge in [-0.1, -0.05) is 30.3 Å². The van der Waals surface area contributed by atoms with Crippen molar-refractivity contribution in [3.8, 4) is 0 Å². The summed E-state index contributed by atoms with van der Waals surface area (Å²) in [5, 5.41) is 0. The van der Waals surface area contributed by atoms with E-state index in [1.165, 1.54) is 12.7 Å². The Morgan fingerprint density at radius 2 is 1.96 bits per heavy atom. The number of amides is 2. The molecule has 0 unspecified atom stereocenters. The number of carbonyl (C=O) groups excluding carboxylic acids is 2. The maximum absolute atomic E-state index is 12.2. The molecule has 0 bridgehead atoms. The fourth-order valence-electron chi connectivity index (χ4n) is 3.41. The van der Waals surface area contributed by atoms with Crippen molar-refractivity contribution in [2.24, 2.45) is 0 Å². The first-order chi connectivity index (χ1) is 11.6. The van der Waals surface area contributed by atoms with Crippen molar-refractivity contribution in [3.05, 3.63) is 35.9 Å². The normalized spacial score (nSPS) is 19.6. The highest BCUT2D eigenvalue weighted by molar-refractivity contribution is 5.77. The number of hydrogen-bond donors (Lipinski definition) is 0. The average molecular weight is 332 g/mol. The van der Waals surface area contributed by atoms with Crippen LogP contribution in [-0.2, 0) is 20.7 Å². The van der Waals surface area contributed by atoms with Crippen LogP contribution in [0.5, 0.6) is 0 Å². The van der Waals surface area contributed by atoms with Crippen LogP contribution >= 0.6 is 0 Å². The molecule has 2 fully saturated rings. The smallest absolute Gasteiger partial charge is 0.410 e. The molecule has 0 radical (unpaired) electrons. The third-order valence-electron chi connectivity index (χ3n) is 4.85. The van der Waals surface area contributed by atoms with Crippen molar-refractivity contribution in [3.63, 3.8) is 0 Å². The third-order valence-corrected chi connectivity index (χ3v) is 4.85. The number of piperidine rings is 1. The fourth-order valence-corrected chi connectivity index (χ4v) is 3.41. The van der Waals surface area contributed by atoms with Gasteiger partial charge in [-0.3, -0.25) is 4.79 Å². The van der Waals surface area contributed by atoms with Crippen LogP contribution in [0.4, 0.5) is 4.79 Å². The minimum Gasteiger partial charge on any atom is -0.441 e. The summed E-state index contributed by atoms with van der Waals surface area (Å²) < 4.78 is 10.6. The molecule has 1 spiro atoms. The Hall–Kier alpha value is -2.08. The lowest BCUT2D eigenvalue weighted by Gasteiger charge is -2.37. The summed E-state index contributed by atoms with van der Waals surface area (Å²) in [4.78, 5) is 27.6. The second-order valence-electron chi connectivity index (χ2n) is 6.52. The minimum atomic E-state index is -0.433. The van der Waals surface area contributed by atoms with E-state index in [4.69, 9.17) is 9.47 Å². The van der Waals surface area contributed by atoms with Crippen LogP contribution < -0.4 is 0 Å². The van der Waals surface area contributed by atoms with Crippen molar-refractivity contribution in [1.82, 2.24) is 9.80 Å². The molecule has 0 N–H and O–H groups in total. The molecule has 6 heteroatoms. The van der Waals surface area contributed by atoms with E-state index in [0.717, 1.165) is 6.42 Å². The predicted molar refractivity (Wildman–Crippen MR) is 88.6 cm³/mol. The molecule has 2 amide bonds. The van der Waals surface area contributed by atoms with E-state index >= 15 is 0 Å². The van der Waals surface area contributed by atoms with E-state index < -0.39 is 5.60 Å². The SMILES string of the molecule is COCC(=O)N1CCC2(CC1)CN(CCc1ccccc1)C(=O)O2. The van der Waals surface area contributed by atoms with Gasteiger partial charge in [0.25, 0.3) is 0 Å². The molecule has 24 heavy (non-hydrogen) atoms. The standard InChI is InChI=1S/C18H24N2O4/c1-23-13-16(21)19-11-8-18(9-12-19)14-20(17(22)24-18)10-7-15-5-3-2-4-6-15/h2-6H,7-14H2,1H3. The van der Waals surface area contributed by atoms with E-state index in [1.54, 1.807) is 9.80 Å². The van der Waals surface area contributed by atoms with Crippen molar-refractivity contribution in [2.75, 3.05) is 39.9 Å². The zero-order chi connectivity index (χ0) is 17.0. The van der Waals surface area contributed by atoms with Gasteiger partial charge in [0, 0.05) is 39.6 Å². The van der Waals surface area contributed by atoms with Crippen LogP contribution in [0.15, 0.2) is 30.3 Å². The zero-order valence-corrected chi connectivity index (χ0v) is 14.1. The molecular weight excluding hydrogens is 308 g/mol. The molecule has 2 saturated heterocycles.